The van der Waals surface area contributed by atoms with Gasteiger partial charge in [-0.05, 0) is 31.5 Å². The SMILES string of the molecule is CCC(=O)c1ccc2c(c1)N(CC)CC(CC)O2. The van der Waals surface area contributed by atoms with Crippen molar-refractivity contribution in [3.8, 4) is 5.75 Å². The van der Waals surface area contributed by atoms with Gasteiger partial charge in [0.05, 0.1) is 12.2 Å². The lowest BCUT2D eigenvalue weighted by molar-refractivity contribution is 0.0988. The van der Waals surface area contributed by atoms with E-state index in [2.05, 4.69) is 18.7 Å². The Hall–Kier alpha value is -1.51. The molecule has 1 heterocycles. The van der Waals surface area contributed by atoms with Gasteiger partial charge >= 0.3 is 0 Å². The molecule has 0 spiro atoms. The zero-order chi connectivity index (χ0) is 13.1. The smallest absolute Gasteiger partial charge is 0.162 e. The van der Waals surface area contributed by atoms with Crippen LogP contribution < -0.4 is 9.64 Å². The molecule has 1 aromatic carbocycles. The van der Waals surface area contributed by atoms with Crippen LogP contribution in [0.15, 0.2) is 18.2 Å². The summed E-state index contributed by atoms with van der Waals surface area (Å²) in [7, 11) is 0. The van der Waals surface area contributed by atoms with Crippen molar-refractivity contribution in [2.24, 2.45) is 0 Å². The maximum Gasteiger partial charge on any atom is 0.162 e. The van der Waals surface area contributed by atoms with Crippen LogP contribution in [0.4, 0.5) is 5.69 Å². The number of likely N-dealkylation sites (N-methyl/N-ethyl adjacent to an activating group) is 1. The molecule has 1 aliphatic heterocycles. The van der Waals surface area contributed by atoms with Crippen molar-refractivity contribution in [1.29, 1.82) is 0 Å². The van der Waals surface area contributed by atoms with Crippen LogP contribution in [-0.2, 0) is 0 Å². The van der Waals surface area contributed by atoms with E-state index in [0.29, 0.717) is 6.42 Å². The summed E-state index contributed by atoms with van der Waals surface area (Å²) in [6, 6.07) is 5.77. The summed E-state index contributed by atoms with van der Waals surface area (Å²) in [5.74, 6) is 1.09. The van der Waals surface area contributed by atoms with E-state index in [4.69, 9.17) is 4.74 Å². The highest BCUT2D eigenvalue weighted by Crippen LogP contribution is 2.35. The van der Waals surface area contributed by atoms with Crippen molar-refractivity contribution in [3.63, 3.8) is 0 Å². The van der Waals surface area contributed by atoms with E-state index in [0.717, 1.165) is 36.5 Å². The van der Waals surface area contributed by atoms with Gasteiger partial charge in [-0.25, -0.2) is 0 Å². The topological polar surface area (TPSA) is 29.5 Å². The predicted molar refractivity (Wildman–Crippen MR) is 73.7 cm³/mol. The molecule has 1 aliphatic rings. The molecule has 0 bridgehead atoms. The predicted octanol–water partition coefficient (Wildman–Crippen LogP) is 3.28. The number of hydrogen-bond donors (Lipinski definition) is 0. The fourth-order valence-electron chi connectivity index (χ4n) is 2.31. The van der Waals surface area contributed by atoms with Crippen LogP contribution in [0.2, 0.25) is 0 Å². The van der Waals surface area contributed by atoms with Gasteiger partial charge in [0.2, 0.25) is 0 Å². The van der Waals surface area contributed by atoms with Crippen LogP contribution in [0.3, 0.4) is 0 Å². The lowest BCUT2D eigenvalue weighted by Crippen LogP contribution is -2.39. The molecule has 18 heavy (non-hydrogen) atoms. The largest absolute Gasteiger partial charge is 0.486 e. The Balaban J connectivity index is 2.36. The van der Waals surface area contributed by atoms with Gasteiger partial charge in [-0.3, -0.25) is 4.79 Å². The molecule has 3 nitrogen and oxygen atoms in total. The zero-order valence-electron chi connectivity index (χ0n) is 11.4. The average molecular weight is 247 g/mol. The first-order valence-corrected chi connectivity index (χ1v) is 6.78. The zero-order valence-corrected chi connectivity index (χ0v) is 11.4. The van der Waals surface area contributed by atoms with Crippen molar-refractivity contribution < 1.29 is 9.53 Å². The minimum absolute atomic E-state index is 0.187. The maximum absolute atomic E-state index is 11.8. The Labute approximate surface area is 109 Å². The number of ketones is 1. The number of Topliss-reactive ketones (excluding diaryl/α,β-unsaturated/α-hetero) is 1. The number of fused-ring (bicyclic) bond motifs is 1. The van der Waals surface area contributed by atoms with Gasteiger partial charge in [0, 0.05) is 18.5 Å². The molecule has 0 fully saturated rings. The minimum atomic E-state index is 0.187. The lowest BCUT2D eigenvalue weighted by Gasteiger charge is -2.35. The Bertz CT molecular complexity index is 442. The van der Waals surface area contributed by atoms with Crippen LogP contribution in [0, 0.1) is 0 Å². The monoisotopic (exact) mass is 247 g/mol. The van der Waals surface area contributed by atoms with E-state index in [1.54, 1.807) is 0 Å². The summed E-state index contributed by atoms with van der Waals surface area (Å²) in [6.07, 6.45) is 1.81. The summed E-state index contributed by atoms with van der Waals surface area (Å²) < 4.78 is 5.93. The van der Waals surface area contributed by atoms with E-state index >= 15 is 0 Å². The van der Waals surface area contributed by atoms with Crippen molar-refractivity contribution in [3.05, 3.63) is 23.8 Å². The van der Waals surface area contributed by atoms with Gasteiger partial charge in [0.15, 0.2) is 5.78 Å². The Morgan fingerprint density at radius 2 is 2.17 bits per heavy atom. The number of carbonyl (C=O) groups excluding carboxylic acids is 1. The molecule has 0 radical (unpaired) electrons. The highest BCUT2D eigenvalue weighted by Gasteiger charge is 2.24. The highest BCUT2D eigenvalue weighted by molar-refractivity contribution is 5.97. The number of ether oxygens (including phenoxy) is 1. The van der Waals surface area contributed by atoms with Gasteiger partial charge in [-0.2, -0.15) is 0 Å². The summed E-state index contributed by atoms with van der Waals surface area (Å²) in [5.41, 5.74) is 1.84. The third-order valence-electron chi connectivity index (χ3n) is 3.50. The fourth-order valence-corrected chi connectivity index (χ4v) is 2.31. The number of carbonyl (C=O) groups is 1. The van der Waals surface area contributed by atoms with Crippen LogP contribution in [0.25, 0.3) is 0 Å². The molecule has 0 saturated heterocycles. The van der Waals surface area contributed by atoms with Gasteiger partial charge in [0.25, 0.3) is 0 Å². The molecule has 0 aliphatic carbocycles. The summed E-state index contributed by atoms with van der Waals surface area (Å²) >= 11 is 0. The van der Waals surface area contributed by atoms with Gasteiger partial charge in [-0.1, -0.05) is 13.8 Å². The standard InChI is InChI=1S/C15H21NO2/c1-4-12-10-16(6-3)13-9-11(14(17)5-2)7-8-15(13)18-12/h7-9,12H,4-6,10H2,1-3H3. The van der Waals surface area contributed by atoms with E-state index in [1.165, 1.54) is 0 Å². The van der Waals surface area contributed by atoms with Crippen LogP contribution in [0.1, 0.15) is 44.0 Å². The highest BCUT2D eigenvalue weighted by atomic mass is 16.5. The van der Waals surface area contributed by atoms with E-state index in [-0.39, 0.29) is 11.9 Å². The molecule has 3 heteroatoms. The first kappa shape index (κ1) is 12.9. The van der Waals surface area contributed by atoms with Crippen molar-refractivity contribution in [2.45, 2.75) is 39.7 Å². The van der Waals surface area contributed by atoms with Gasteiger partial charge in [0.1, 0.15) is 11.9 Å². The minimum Gasteiger partial charge on any atom is -0.486 e. The fraction of sp³-hybridized carbons (Fsp3) is 0.533. The molecule has 98 valence electrons. The molecule has 0 saturated carbocycles. The van der Waals surface area contributed by atoms with Crippen LogP contribution >= 0.6 is 0 Å². The Kier molecular flexibility index (Phi) is 3.90. The summed E-state index contributed by atoms with van der Waals surface area (Å²) in [5, 5.41) is 0. The van der Waals surface area contributed by atoms with E-state index < -0.39 is 0 Å². The molecule has 1 atom stereocenters. The molecule has 0 amide bonds. The Morgan fingerprint density at radius 1 is 1.39 bits per heavy atom. The molecule has 2 rings (SSSR count). The quantitative estimate of drug-likeness (QED) is 0.765. The number of benzene rings is 1. The molecule has 0 aromatic heterocycles. The van der Waals surface area contributed by atoms with Crippen molar-refractivity contribution in [2.75, 3.05) is 18.0 Å². The third kappa shape index (κ3) is 2.35. The van der Waals surface area contributed by atoms with Crippen molar-refractivity contribution >= 4 is 11.5 Å². The molecule has 1 aromatic rings. The number of nitrogens with zero attached hydrogens (tertiary/aromatic N) is 1. The average Bonchev–Trinajstić information content (AvgIpc) is 2.44. The normalized spacial score (nSPS) is 18.2. The van der Waals surface area contributed by atoms with E-state index in [1.807, 2.05) is 25.1 Å². The first-order chi connectivity index (χ1) is 8.69. The number of anilines is 1. The summed E-state index contributed by atoms with van der Waals surface area (Å²) in [6.45, 7) is 8.01. The third-order valence-corrected chi connectivity index (χ3v) is 3.50. The Morgan fingerprint density at radius 3 is 2.78 bits per heavy atom. The van der Waals surface area contributed by atoms with Gasteiger partial charge in [-0.15, -0.1) is 0 Å². The molecule has 1 unspecified atom stereocenters. The first-order valence-electron chi connectivity index (χ1n) is 6.78. The van der Waals surface area contributed by atoms with Crippen LogP contribution in [0.5, 0.6) is 5.75 Å². The maximum atomic E-state index is 11.8. The lowest BCUT2D eigenvalue weighted by atomic mass is 10.1. The second-order valence-electron chi connectivity index (χ2n) is 4.65. The van der Waals surface area contributed by atoms with Crippen molar-refractivity contribution in [1.82, 2.24) is 0 Å². The molecule has 0 N–H and O–H groups in total. The molecular formula is C15H21NO2. The number of rotatable bonds is 4. The van der Waals surface area contributed by atoms with Crippen LogP contribution in [-0.4, -0.2) is 25.0 Å². The molecular weight excluding hydrogens is 226 g/mol. The second-order valence-corrected chi connectivity index (χ2v) is 4.65. The van der Waals surface area contributed by atoms with Gasteiger partial charge < -0.3 is 9.64 Å². The second kappa shape index (κ2) is 5.42. The number of hydrogen-bond acceptors (Lipinski definition) is 3. The van der Waals surface area contributed by atoms with E-state index in [9.17, 15) is 4.79 Å². The summed E-state index contributed by atoms with van der Waals surface area (Å²) in [4.78, 5) is 14.0.